The van der Waals surface area contributed by atoms with Gasteiger partial charge in [0.1, 0.15) is 17.4 Å². The van der Waals surface area contributed by atoms with Crippen LogP contribution in [0.15, 0.2) is 23.6 Å². The molecule has 0 unspecified atom stereocenters. The van der Waals surface area contributed by atoms with Gasteiger partial charge in [-0.05, 0) is 19.1 Å². The van der Waals surface area contributed by atoms with E-state index < -0.39 is 0 Å². The molecule has 2 aromatic heterocycles. The Morgan fingerprint density at radius 2 is 2.24 bits per heavy atom. The van der Waals surface area contributed by atoms with Crippen LogP contribution in [0.4, 0.5) is 0 Å². The molecule has 0 saturated carbocycles. The zero-order valence-electron chi connectivity index (χ0n) is 11.5. The van der Waals surface area contributed by atoms with Gasteiger partial charge in [0.15, 0.2) is 0 Å². The van der Waals surface area contributed by atoms with Crippen LogP contribution in [0.25, 0.3) is 11.0 Å². The summed E-state index contributed by atoms with van der Waals surface area (Å²) in [6.45, 7) is 2.76. The summed E-state index contributed by atoms with van der Waals surface area (Å²) in [5.74, 6) is 1.12. The number of alkyl halides is 1. The smallest absolute Gasteiger partial charge is 0.124 e. The van der Waals surface area contributed by atoms with E-state index in [0.717, 1.165) is 40.5 Å². The molecule has 4 nitrogen and oxygen atoms in total. The predicted octanol–water partition coefficient (Wildman–Crippen LogP) is 3.65. The number of halogens is 1. The molecule has 0 fully saturated rings. The number of hydrogen-bond acceptors (Lipinski definition) is 4. The van der Waals surface area contributed by atoms with Crippen molar-refractivity contribution >= 4 is 34.0 Å². The number of hydrogen-bond donors (Lipinski definition) is 0. The second-order valence-corrected chi connectivity index (χ2v) is 6.04. The number of nitriles is 1. The van der Waals surface area contributed by atoms with Gasteiger partial charge in [-0.3, -0.25) is 0 Å². The summed E-state index contributed by atoms with van der Waals surface area (Å²) in [5.41, 5.74) is 3.35. The molecule has 0 spiro atoms. The van der Waals surface area contributed by atoms with Crippen LogP contribution in [-0.2, 0) is 18.8 Å². The maximum absolute atomic E-state index is 9.18. The van der Waals surface area contributed by atoms with Crippen molar-refractivity contribution in [3.63, 3.8) is 0 Å². The van der Waals surface area contributed by atoms with E-state index in [-0.39, 0.29) is 0 Å². The molecule has 0 amide bonds. The molecule has 6 heteroatoms. The second kappa shape index (κ2) is 5.84. The molecule has 0 bridgehead atoms. The van der Waals surface area contributed by atoms with Crippen LogP contribution < -0.4 is 0 Å². The highest BCUT2D eigenvalue weighted by Gasteiger charge is 2.13. The normalized spacial score (nSPS) is 10.9. The van der Waals surface area contributed by atoms with Crippen LogP contribution in [0.2, 0.25) is 0 Å². The standard InChI is InChI=1S/C15H13ClN4S/c1-10-18-12(9-21-10)5-6-20-13-4-2-3-11(8-17)15(13)19-14(20)7-16/h2-4,9H,5-7H2,1H3. The monoisotopic (exact) mass is 316 g/mol. The molecule has 0 saturated heterocycles. The summed E-state index contributed by atoms with van der Waals surface area (Å²) >= 11 is 7.66. The molecule has 0 radical (unpaired) electrons. The van der Waals surface area contributed by atoms with Gasteiger partial charge in [-0.15, -0.1) is 22.9 Å². The molecule has 3 aromatic rings. The number of aryl methyl sites for hydroxylation is 3. The minimum absolute atomic E-state index is 0.329. The lowest BCUT2D eigenvalue weighted by Crippen LogP contribution is -2.05. The summed E-state index contributed by atoms with van der Waals surface area (Å²) in [5, 5.41) is 12.3. The van der Waals surface area contributed by atoms with Gasteiger partial charge in [0.2, 0.25) is 0 Å². The first-order chi connectivity index (χ1) is 10.2. The fraction of sp³-hybridized carbons (Fsp3) is 0.267. The Morgan fingerprint density at radius 1 is 1.38 bits per heavy atom. The molecule has 0 aliphatic carbocycles. The minimum Gasteiger partial charge on any atom is -0.327 e. The quantitative estimate of drug-likeness (QED) is 0.690. The van der Waals surface area contributed by atoms with E-state index in [1.165, 1.54) is 0 Å². The van der Waals surface area contributed by atoms with E-state index in [4.69, 9.17) is 11.6 Å². The maximum Gasteiger partial charge on any atom is 0.124 e. The third kappa shape index (κ3) is 2.65. The fourth-order valence-corrected chi connectivity index (χ4v) is 3.24. The number of benzene rings is 1. The van der Waals surface area contributed by atoms with Gasteiger partial charge in [0.25, 0.3) is 0 Å². The number of fused-ring (bicyclic) bond motifs is 1. The largest absolute Gasteiger partial charge is 0.327 e. The second-order valence-electron chi connectivity index (χ2n) is 4.71. The lowest BCUT2D eigenvalue weighted by molar-refractivity contribution is 0.680. The maximum atomic E-state index is 9.18. The van der Waals surface area contributed by atoms with Gasteiger partial charge < -0.3 is 4.57 Å². The van der Waals surface area contributed by atoms with Crippen molar-refractivity contribution in [3.8, 4) is 6.07 Å². The lowest BCUT2D eigenvalue weighted by atomic mass is 10.2. The van der Waals surface area contributed by atoms with Crippen molar-refractivity contribution in [2.24, 2.45) is 0 Å². The van der Waals surface area contributed by atoms with Crippen LogP contribution in [0, 0.1) is 18.3 Å². The molecule has 106 valence electrons. The predicted molar refractivity (Wildman–Crippen MR) is 84.6 cm³/mol. The zero-order chi connectivity index (χ0) is 14.8. The average molecular weight is 317 g/mol. The summed E-state index contributed by atoms with van der Waals surface area (Å²) in [4.78, 5) is 8.99. The molecule has 0 aliphatic rings. The van der Waals surface area contributed by atoms with Crippen molar-refractivity contribution < 1.29 is 0 Å². The SMILES string of the molecule is Cc1nc(CCn2c(CCl)nc3c(C#N)cccc32)cs1. The van der Waals surface area contributed by atoms with E-state index in [0.29, 0.717) is 11.4 Å². The molecule has 2 heterocycles. The van der Waals surface area contributed by atoms with Crippen molar-refractivity contribution in [1.82, 2.24) is 14.5 Å². The van der Waals surface area contributed by atoms with E-state index in [1.54, 1.807) is 17.4 Å². The first-order valence-corrected chi connectivity index (χ1v) is 7.99. The molecule has 21 heavy (non-hydrogen) atoms. The molecule has 3 rings (SSSR count). The van der Waals surface area contributed by atoms with Crippen molar-refractivity contribution in [3.05, 3.63) is 45.7 Å². The number of nitrogens with zero attached hydrogens (tertiary/aromatic N) is 4. The average Bonchev–Trinajstić information content (AvgIpc) is 3.07. The van der Waals surface area contributed by atoms with Gasteiger partial charge in [0.05, 0.1) is 27.7 Å². The molecule has 0 atom stereocenters. The third-order valence-electron chi connectivity index (χ3n) is 3.36. The van der Waals surface area contributed by atoms with Crippen LogP contribution in [0.3, 0.4) is 0 Å². The molecule has 0 aliphatic heterocycles. The Balaban J connectivity index is 1.99. The summed E-state index contributed by atoms with van der Waals surface area (Å²) < 4.78 is 2.08. The van der Waals surface area contributed by atoms with E-state index in [2.05, 4.69) is 26.0 Å². The van der Waals surface area contributed by atoms with E-state index in [9.17, 15) is 5.26 Å². The van der Waals surface area contributed by atoms with Crippen LogP contribution in [0.1, 0.15) is 22.1 Å². The topological polar surface area (TPSA) is 54.5 Å². The Kier molecular flexibility index (Phi) is 3.91. The van der Waals surface area contributed by atoms with Gasteiger partial charge in [-0.25, -0.2) is 9.97 Å². The van der Waals surface area contributed by atoms with Gasteiger partial charge in [-0.2, -0.15) is 5.26 Å². The molecular weight excluding hydrogens is 304 g/mol. The number of aromatic nitrogens is 3. The van der Waals surface area contributed by atoms with Crippen molar-refractivity contribution in [2.75, 3.05) is 0 Å². The highest BCUT2D eigenvalue weighted by molar-refractivity contribution is 7.09. The van der Waals surface area contributed by atoms with Crippen LogP contribution >= 0.6 is 22.9 Å². The molecule has 0 N–H and O–H groups in total. The number of imidazole rings is 1. The van der Waals surface area contributed by atoms with Gasteiger partial charge >= 0.3 is 0 Å². The summed E-state index contributed by atoms with van der Waals surface area (Å²) in [7, 11) is 0. The van der Waals surface area contributed by atoms with Gasteiger partial charge in [0, 0.05) is 18.3 Å². The Bertz CT molecular complexity index is 828. The van der Waals surface area contributed by atoms with Crippen LogP contribution in [0.5, 0.6) is 0 Å². The third-order valence-corrected chi connectivity index (χ3v) is 4.42. The summed E-state index contributed by atoms with van der Waals surface area (Å²) in [6, 6.07) is 7.82. The highest BCUT2D eigenvalue weighted by atomic mass is 35.5. The van der Waals surface area contributed by atoms with Crippen molar-refractivity contribution in [1.29, 1.82) is 5.26 Å². The Morgan fingerprint density at radius 3 is 2.90 bits per heavy atom. The zero-order valence-corrected chi connectivity index (χ0v) is 13.1. The minimum atomic E-state index is 0.329. The number of thiazole rings is 1. The highest BCUT2D eigenvalue weighted by Crippen LogP contribution is 2.21. The number of para-hydroxylation sites is 1. The first kappa shape index (κ1) is 14.1. The molecular formula is C15H13ClN4S. The number of rotatable bonds is 4. The van der Waals surface area contributed by atoms with E-state index >= 15 is 0 Å². The van der Waals surface area contributed by atoms with E-state index in [1.807, 2.05) is 19.1 Å². The lowest BCUT2D eigenvalue weighted by Gasteiger charge is -2.06. The summed E-state index contributed by atoms with van der Waals surface area (Å²) in [6.07, 6.45) is 0.830. The fourth-order valence-electron chi connectivity index (χ4n) is 2.39. The van der Waals surface area contributed by atoms with Crippen LogP contribution in [-0.4, -0.2) is 14.5 Å². The Labute approximate surface area is 131 Å². The van der Waals surface area contributed by atoms with Crippen molar-refractivity contribution in [2.45, 2.75) is 25.8 Å². The van der Waals surface area contributed by atoms with Gasteiger partial charge in [-0.1, -0.05) is 6.07 Å². The Hall–Kier alpha value is -1.90. The first-order valence-electron chi connectivity index (χ1n) is 6.58. The molecule has 1 aromatic carbocycles.